The Labute approximate surface area is 141 Å². The van der Waals surface area contributed by atoms with E-state index in [-0.39, 0.29) is 11.5 Å². The van der Waals surface area contributed by atoms with Gasteiger partial charge in [0.15, 0.2) is 0 Å². The molecule has 4 rings (SSSR count). The van der Waals surface area contributed by atoms with Crippen LogP contribution in [-0.4, -0.2) is 48.0 Å². The van der Waals surface area contributed by atoms with Gasteiger partial charge in [0.2, 0.25) is 0 Å². The van der Waals surface area contributed by atoms with Gasteiger partial charge in [-0.1, -0.05) is 17.3 Å². The molecule has 128 valence electrons. The minimum Gasteiger partial charge on any atom is -0.497 e. The first-order chi connectivity index (χ1) is 11.8. The summed E-state index contributed by atoms with van der Waals surface area (Å²) in [6.45, 7) is 2.89. The van der Waals surface area contributed by atoms with Crippen LogP contribution in [0, 0.1) is 0 Å². The van der Waals surface area contributed by atoms with E-state index in [0.717, 1.165) is 43.9 Å². The molecular weight excluding hydrogens is 306 g/mol. The number of hydrogen-bond acceptors (Lipinski definition) is 5. The summed E-state index contributed by atoms with van der Waals surface area (Å²) in [4.78, 5) is 0. The van der Waals surface area contributed by atoms with Crippen LogP contribution in [0.5, 0.6) is 5.75 Å². The maximum atomic E-state index is 5.80. The van der Waals surface area contributed by atoms with Gasteiger partial charge in [-0.2, -0.15) is 0 Å². The lowest BCUT2D eigenvalue weighted by Crippen LogP contribution is -2.16. The van der Waals surface area contributed by atoms with Crippen molar-refractivity contribution in [2.75, 3.05) is 26.9 Å². The molecule has 2 aliphatic rings. The molecule has 0 radical (unpaired) electrons. The first kappa shape index (κ1) is 15.6. The van der Waals surface area contributed by atoms with Crippen molar-refractivity contribution in [2.24, 2.45) is 0 Å². The van der Waals surface area contributed by atoms with E-state index in [0.29, 0.717) is 13.2 Å². The highest BCUT2D eigenvalue weighted by Gasteiger charge is 2.48. The van der Waals surface area contributed by atoms with Crippen molar-refractivity contribution < 1.29 is 14.2 Å². The zero-order valence-electron chi connectivity index (χ0n) is 14.0. The Bertz CT molecular complexity index is 673. The molecule has 1 saturated carbocycles. The average Bonchev–Trinajstić information content (AvgIpc) is 3.04. The van der Waals surface area contributed by atoms with Gasteiger partial charge in [0.1, 0.15) is 5.75 Å². The number of rotatable bonds is 7. The maximum Gasteiger partial charge on any atom is 0.118 e. The molecule has 2 heterocycles. The van der Waals surface area contributed by atoms with E-state index in [2.05, 4.69) is 28.6 Å². The minimum absolute atomic E-state index is 0.0324. The Morgan fingerprint density at radius 2 is 2.12 bits per heavy atom. The molecule has 1 aromatic heterocycles. The van der Waals surface area contributed by atoms with Crippen LogP contribution in [0.15, 0.2) is 30.5 Å². The molecule has 24 heavy (non-hydrogen) atoms. The molecule has 2 aromatic rings. The van der Waals surface area contributed by atoms with Crippen molar-refractivity contribution in [1.29, 1.82) is 0 Å². The predicted octanol–water partition coefficient (Wildman–Crippen LogP) is 2.17. The van der Waals surface area contributed by atoms with Crippen LogP contribution < -0.4 is 4.74 Å². The molecule has 0 spiro atoms. The van der Waals surface area contributed by atoms with Crippen molar-refractivity contribution in [3.63, 3.8) is 0 Å². The van der Waals surface area contributed by atoms with E-state index in [1.807, 2.05) is 16.8 Å². The van der Waals surface area contributed by atoms with Gasteiger partial charge in [0.05, 0.1) is 38.7 Å². The molecule has 1 saturated heterocycles. The van der Waals surface area contributed by atoms with Gasteiger partial charge in [-0.25, -0.2) is 4.68 Å². The summed E-state index contributed by atoms with van der Waals surface area (Å²) < 4.78 is 18.2. The van der Waals surface area contributed by atoms with Crippen molar-refractivity contribution >= 4 is 0 Å². The minimum atomic E-state index is 0.0324. The molecule has 1 aromatic carbocycles. The Morgan fingerprint density at radius 3 is 2.79 bits per heavy atom. The molecule has 6 heteroatoms. The Hall–Kier alpha value is -1.92. The first-order valence-electron chi connectivity index (χ1n) is 8.55. The second-order valence-electron chi connectivity index (χ2n) is 6.53. The molecule has 1 atom stereocenters. The second-order valence-corrected chi connectivity index (χ2v) is 6.53. The van der Waals surface area contributed by atoms with Gasteiger partial charge in [0.25, 0.3) is 0 Å². The number of hydrogen-bond donors (Lipinski definition) is 0. The topological polar surface area (TPSA) is 58.4 Å². The fourth-order valence-corrected chi connectivity index (χ4v) is 3.31. The summed E-state index contributed by atoms with van der Waals surface area (Å²) in [6.07, 6.45) is 5.53. The summed E-state index contributed by atoms with van der Waals surface area (Å²) in [5, 5.41) is 8.70. The largest absolute Gasteiger partial charge is 0.497 e. The number of methoxy groups -OCH3 is 1. The van der Waals surface area contributed by atoms with Gasteiger partial charge in [-0.05, 0) is 37.0 Å². The zero-order valence-corrected chi connectivity index (χ0v) is 14.0. The zero-order chi connectivity index (χ0) is 16.4. The van der Waals surface area contributed by atoms with Gasteiger partial charge in [-0.3, -0.25) is 0 Å². The third kappa shape index (κ3) is 3.03. The molecule has 0 N–H and O–H groups in total. The van der Waals surface area contributed by atoms with Crippen LogP contribution in [0.1, 0.15) is 30.5 Å². The van der Waals surface area contributed by atoms with Crippen LogP contribution in [0.4, 0.5) is 0 Å². The first-order valence-corrected chi connectivity index (χ1v) is 8.55. The van der Waals surface area contributed by atoms with E-state index in [1.54, 1.807) is 7.11 Å². The van der Waals surface area contributed by atoms with Crippen molar-refractivity contribution in [3.05, 3.63) is 41.7 Å². The highest BCUT2D eigenvalue weighted by Crippen LogP contribution is 2.52. The summed E-state index contributed by atoms with van der Waals surface area (Å²) in [5.74, 6) is 0.881. The monoisotopic (exact) mass is 329 g/mol. The summed E-state index contributed by atoms with van der Waals surface area (Å²) in [7, 11) is 1.69. The van der Waals surface area contributed by atoms with E-state index in [1.165, 1.54) is 5.56 Å². The van der Waals surface area contributed by atoms with Crippen LogP contribution >= 0.6 is 0 Å². The standard InChI is InChI=1S/C18H23N3O3/c1-22-15-4-2-14(3-5-15)18(7-8-18)17-12-21(20-19-17)9-11-24-16-6-10-23-13-16/h2-5,12,16H,6-11,13H2,1H3. The molecule has 1 aliphatic heterocycles. The van der Waals surface area contributed by atoms with E-state index < -0.39 is 0 Å². The van der Waals surface area contributed by atoms with Crippen molar-refractivity contribution in [1.82, 2.24) is 15.0 Å². The Morgan fingerprint density at radius 1 is 1.29 bits per heavy atom. The van der Waals surface area contributed by atoms with E-state index in [9.17, 15) is 0 Å². The SMILES string of the molecule is COc1ccc(C2(c3cn(CCOC4CCOC4)nn3)CC2)cc1. The fraction of sp³-hybridized carbons (Fsp3) is 0.556. The van der Waals surface area contributed by atoms with Gasteiger partial charge in [0, 0.05) is 18.2 Å². The van der Waals surface area contributed by atoms with Gasteiger partial charge >= 0.3 is 0 Å². The Balaban J connectivity index is 1.39. The molecule has 6 nitrogen and oxygen atoms in total. The number of aromatic nitrogens is 3. The predicted molar refractivity (Wildman–Crippen MR) is 88.2 cm³/mol. The lowest BCUT2D eigenvalue weighted by atomic mass is 9.93. The molecule has 1 aliphatic carbocycles. The second kappa shape index (κ2) is 6.53. The summed E-state index contributed by atoms with van der Waals surface area (Å²) >= 11 is 0. The number of nitrogens with zero attached hydrogens (tertiary/aromatic N) is 3. The lowest BCUT2D eigenvalue weighted by molar-refractivity contribution is 0.0369. The van der Waals surface area contributed by atoms with Gasteiger partial charge < -0.3 is 14.2 Å². The molecule has 1 unspecified atom stereocenters. The average molecular weight is 329 g/mol. The smallest absolute Gasteiger partial charge is 0.118 e. The normalized spacial score (nSPS) is 21.8. The fourth-order valence-electron chi connectivity index (χ4n) is 3.31. The highest BCUT2D eigenvalue weighted by molar-refractivity contribution is 5.43. The van der Waals surface area contributed by atoms with Crippen molar-refractivity contribution in [3.8, 4) is 5.75 Å². The van der Waals surface area contributed by atoms with Crippen LogP contribution in [0.2, 0.25) is 0 Å². The molecule has 0 bridgehead atoms. The number of benzene rings is 1. The van der Waals surface area contributed by atoms with Crippen LogP contribution in [-0.2, 0) is 21.4 Å². The van der Waals surface area contributed by atoms with Crippen molar-refractivity contribution in [2.45, 2.75) is 37.3 Å². The summed E-state index contributed by atoms with van der Waals surface area (Å²) in [6, 6.07) is 8.29. The van der Waals surface area contributed by atoms with Crippen LogP contribution in [0.3, 0.4) is 0 Å². The highest BCUT2D eigenvalue weighted by atomic mass is 16.5. The molecular formula is C18H23N3O3. The van der Waals surface area contributed by atoms with E-state index >= 15 is 0 Å². The third-order valence-electron chi connectivity index (χ3n) is 4.98. The van der Waals surface area contributed by atoms with Crippen LogP contribution in [0.25, 0.3) is 0 Å². The lowest BCUT2D eigenvalue weighted by Gasteiger charge is -2.13. The molecule has 0 amide bonds. The quantitative estimate of drug-likeness (QED) is 0.779. The van der Waals surface area contributed by atoms with Gasteiger partial charge in [-0.15, -0.1) is 5.10 Å². The van der Waals surface area contributed by atoms with E-state index in [4.69, 9.17) is 14.2 Å². The molecule has 2 fully saturated rings. The Kier molecular flexibility index (Phi) is 4.24. The third-order valence-corrected chi connectivity index (χ3v) is 4.98. The summed E-state index contributed by atoms with van der Waals surface area (Å²) in [5.41, 5.74) is 2.37. The maximum absolute atomic E-state index is 5.80. The number of ether oxygens (including phenoxy) is 3.